The van der Waals surface area contributed by atoms with Gasteiger partial charge in [-0.25, -0.2) is 0 Å². The van der Waals surface area contributed by atoms with Crippen LogP contribution in [0.3, 0.4) is 0 Å². The van der Waals surface area contributed by atoms with Crippen molar-refractivity contribution in [1.29, 1.82) is 0 Å². The molecule has 24 heavy (non-hydrogen) atoms. The first kappa shape index (κ1) is 18.3. The number of benzene rings is 1. The molecular weight excluding hydrogens is 368 g/mol. The Morgan fingerprint density at radius 1 is 1.25 bits per heavy atom. The van der Waals surface area contributed by atoms with Crippen LogP contribution in [0.2, 0.25) is 0 Å². The molecule has 2 fully saturated rings. The lowest BCUT2D eigenvalue weighted by Crippen LogP contribution is -2.60. The van der Waals surface area contributed by atoms with E-state index in [0.29, 0.717) is 18.7 Å². The maximum absolute atomic E-state index is 10.4. The average molecular weight is 397 g/mol. The number of halogens is 1. The second kappa shape index (κ2) is 7.83. The summed E-state index contributed by atoms with van der Waals surface area (Å²) in [4.78, 5) is 2.61. The molecule has 2 N–H and O–H groups in total. The van der Waals surface area contributed by atoms with Crippen LogP contribution in [0.25, 0.3) is 0 Å². The number of aliphatic hydroxyl groups is 1. The Morgan fingerprint density at radius 2 is 1.92 bits per heavy atom. The second-order valence-electron chi connectivity index (χ2n) is 7.64. The third-order valence-corrected chi connectivity index (χ3v) is 5.81. The number of nitrogens with one attached hydrogen (secondary N) is 1. The van der Waals surface area contributed by atoms with Crippen LogP contribution in [-0.2, 0) is 11.2 Å². The molecule has 0 saturated carbocycles. The van der Waals surface area contributed by atoms with Gasteiger partial charge in [0.25, 0.3) is 0 Å². The van der Waals surface area contributed by atoms with Gasteiger partial charge in [0.05, 0.1) is 18.3 Å². The molecule has 4 nitrogen and oxygen atoms in total. The minimum Gasteiger partial charge on any atom is -0.388 e. The quantitative estimate of drug-likeness (QED) is 0.820. The lowest BCUT2D eigenvalue weighted by Gasteiger charge is -2.48. The van der Waals surface area contributed by atoms with Crippen LogP contribution in [-0.4, -0.2) is 60.0 Å². The Labute approximate surface area is 153 Å². The van der Waals surface area contributed by atoms with Gasteiger partial charge in [-0.2, -0.15) is 0 Å². The van der Waals surface area contributed by atoms with Crippen LogP contribution in [0.4, 0.5) is 0 Å². The Hall–Kier alpha value is -0.460. The van der Waals surface area contributed by atoms with Crippen LogP contribution in [0, 0.1) is 0 Å². The average Bonchev–Trinajstić information content (AvgIpc) is 2.57. The fourth-order valence-electron chi connectivity index (χ4n) is 3.80. The zero-order valence-electron chi connectivity index (χ0n) is 14.7. The highest BCUT2D eigenvalue weighted by Crippen LogP contribution is 2.27. The monoisotopic (exact) mass is 396 g/mol. The predicted octanol–water partition coefficient (Wildman–Crippen LogP) is 2.58. The van der Waals surface area contributed by atoms with Crippen molar-refractivity contribution in [2.75, 3.05) is 26.2 Å². The summed E-state index contributed by atoms with van der Waals surface area (Å²) in [6, 6.07) is 9.55. The maximum atomic E-state index is 10.4. The van der Waals surface area contributed by atoms with E-state index in [1.807, 2.05) is 13.8 Å². The Kier molecular flexibility index (Phi) is 5.98. The summed E-state index contributed by atoms with van der Waals surface area (Å²) < 4.78 is 7.17. The first-order valence-electron chi connectivity index (χ1n) is 8.98. The summed E-state index contributed by atoms with van der Waals surface area (Å²) >= 11 is 3.50. The Balaban J connectivity index is 1.74. The molecule has 1 aromatic rings. The van der Waals surface area contributed by atoms with Gasteiger partial charge in [0.15, 0.2) is 0 Å². The molecule has 3 rings (SSSR count). The molecule has 0 bridgehead atoms. The van der Waals surface area contributed by atoms with Gasteiger partial charge in [0.2, 0.25) is 0 Å². The molecule has 0 aromatic heterocycles. The van der Waals surface area contributed by atoms with Crippen molar-refractivity contribution in [2.45, 2.75) is 56.9 Å². The molecular formula is C19H29BrN2O2. The molecule has 0 spiro atoms. The molecule has 0 aliphatic carbocycles. The van der Waals surface area contributed by atoms with Crippen molar-refractivity contribution < 1.29 is 9.84 Å². The Morgan fingerprint density at radius 3 is 2.54 bits per heavy atom. The van der Waals surface area contributed by atoms with E-state index in [-0.39, 0.29) is 6.10 Å². The zero-order valence-corrected chi connectivity index (χ0v) is 16.3. The van der Waals surface area contributed by atoms with Crippen LogP contribution in [0.1, 0.15) is 32.3 Å². The number of rotatable bonds is 4. The van der Waals surface area contributed by atoms with E-state index in [1.54, 1.807) is 0 Å². The SMILES string of the molecule is CC(C)(O)[C@H]1CN(C2CCNCC2)[C@@H](Cc2ccc(Br)cc2)CO1. The van der Waals surface area contributed by atoms with Crippen LogP contribution in [0.15, 0.2) is 28.7 Å². The number of morpholine rings is 1. The van der Waals surface area contributed by atoms with E-state index in [0.717, 1.165) is 30.5 Å². The molecule has 0 unspecified atom stereocenters. The fourth-order valence-corrected chi connectivity index (χ4v) is 4.06. The third-order valence-electron chi connectivity index (χ3n) is 5.29. The maximum Gasteiger partial charge on any atom is 0.0983 e. The normalized spacial score (nSPS) is 27.3. The number of hydrogen-bond donors (Lipinski definition) is 2. The van der Waals surface area contributed by atoms with Gasteiger partial charge in [-0.3, -0.25) is 4.90 Å². The van der Waals surface area contributed by atoms with Crippen LogP contribution < -0.4 is 5.32 Å². The van der Waals surface area contributed by atoms with Crippen molar-refractivity contribution in [1.82, 2.24) is 10.2 Å². The summed E-state index contributed by atoms with van der Waals surface area (Å²) in [7, 11) is 0. The van der Waals surface area contributed by atoms with Gasteiger partial charge in [-0.05, 0) is 63.9 Å². The highest BCUT2D eigenvalue weighted by atomic mass is 79.9. The molecule has 2 heterocycles. The summed E-state index contributed by atoms with van der Waals surface area (Å²) in [5, 5.41) is 13.8. The summed E-state index contributed by atoms with van der Waals surface area (Å²) in [5.41, 5.74) is 0.542. The number of piperidine rings is 1. The molecule has 134 valence electrons. The topological polar surface area (TPSA) is 44.7 Å². The molecule has 2 saturated heterocycles. The van der Waals surface area contributed by atoms with Gasteiger partial charge in [-0.15, -0.1) is 0 Å². The minimum absolute atomic E-state index is 0.117. The molecule has 1 aromatic carbocycles. The molecule has 0 amide bonds. The van der Waals surface area contributed by atoms with Gasteiger partial charge in [0, 0.05) is 23.1 Å². The van der Waals surface area contributed by atoms with E-state index in [9.17, 15) is 5.11 Å². The summed E-state index contributed by atoms with van der Waals surface area (Å²) in [5.74, 6) is 0. The van der Waals surface area contributed by atoms with Crippen LogP contribution >= 0.6 is 15.9 Å². The van der Waals surface area contributed by atoms with Crippen molar-refractivity contribution >= 4 is 15.9 Å². The van der Waals surface area contributed by atoms with E-state index >= 15 is 0 Å². The first-order chi connectivity index (χ1) is 11.4. The van der Waals surface area contributed by atoms with Gasteiger partial charge in [0.1, 0.15) is 0 Å². The second-order valence-corrected chi connectivity index (χ2v) is 8.55. The molecule has 0 radical (unpaired) electrons. The molecule has 2 atom stereocenters. The third kappa shape index (κ3) is 4.58. The molecule has 2 aliphatic rings. The lowest BCUT2D eigenvalue weighted by atomic mass is 9.93. The standard InChI is InChI=1S/C19H29BrN2O2/c1-19(2,23)18-12-22(16-7-9-21-10-8-16)17(13-24-18)11-14-3-5-15(20)6-4-14/h3-6,16-18,21,23H,7-13H2,1-2H3/t17-,18+/m0/s1. The molecule has 5 heteroatoms. The summed E-state index contributed by atoms with van der Waals surface area (Å²) in [6.45, 7) is 7.38. The largest absolute Gasteiger partial charge is 0.388 e. The van der Waals surface area contributed by atoms with Gasteiger partial charge in [-0.1, -0.05) is 28.1 Å². The van der Waals surface area contributed by atoms with Crippen LogP contribution in [0.5, 0.6) is 0 Å². The number of nitrogens with zero attached hydrogens (tertiary/aromatic N) is 1. The van der Waals surface area contributed by atoms with E-state index in [1.165, 1.54) is 18.4 Å². The van der Waals surface area contributed by atoms with Crippen molar-refractivity contribution in [2.24, 2.45) is 0 Å². The highest BCUT2D eigenvalue weighted by Gasteiger charge is 2.39. The number of hydrogen-bond acceptors (Lipinski definition) is 4. The van der Waals surface area contributed by atoms with E-state index in [4.69, 9.17) is 4.74 Å². The van der Waals surface area contributed by atoms with E-state index in [2.05, 4.69) is 50.4 Å². The van der Waals surface area contributed by atoms with E-state index < -0.39 is 5.60 Å². The highest BCUT2D eigenvalue weighted by molar-refractivity contribution is 9.10. The first-order valence-corrected chi connectivity index (χ1v) is 9.77. The lowest BCUT2D eigenvalue weighted by molar-refractivity contribution is -0.154. The zero-order chi connectivity index (χ0) is 17.2. The number of ether oxygens (including phenoxy) is 1. The van der Waals surface area contributed by atoms with Gasteiger partial charge < -0.3 is 15.2 Å². The smallest absolute Gasteiger partial charge is 0.0983 e. The van der Waals surface area contributed by atoms with Crippen molar-refractivity contribution in [3.63, 3.8) is 0 Å². The Bertz CT molecular complexity index is 523. The minimum atomic E-state index is -0.798. The van der Waals surface area contributed by atoms with Crippen molar-refractivity contribution in [3.05, 3.63) is 34.3 Å². The fraction of sp³-hybridized carbons (Fsp3) is 0.684. The molecule has 2 aliphatic heterocycles. The van der Waals surface area contributed by atoms with Crippen molar-refractivity contribution in [3.8, 4) is 0 Å². The summed E-state index contributed by atoms with van der Waals surface area (Å²) in [6.07, 6.45) is 3.23. The predicted molar refractivity (Wildman–Crippen MR) is 100 cm³/mol. The van der Waals surface area contributed by atoms with Gasteiger partial charge >= 0.3 is 0 Å².